The number of carbonyl (C=O) groups is 1. The first-order valence-corrected chi connectivity index (χ1v) is 5.86. The molecule has 1 atom stereocenters. The van der Waals surface area contributed by atoms with Crippen molar-refractivity contribution in [2.75, 3.05) is 13.2 Å². The summed E-state index contributed by atoms with van der Waals surface area (Å²) in [6.07, 6.45) is 0.538. The molecule has 0 spiro atoms. The molecule has 0 saturated carbocycles. The third-order valence-corrected chi connectivity index (χ3v) is 3.11. The summed E-state index contributed by atoms with van der Waals surface area (Å²) in [4.78, 5) is 21.9. The Balaban J connectivity index is 2.33. The van der Waals surface area contributed by atoms with Crippen LogP contribution >= 0.6 is 0 Å². The first kappa shape index (κ1) is 14.3. The van der Waals surface area contributed by atoms with Gasteiger partial charge in [-0.05, 0) is 19.4 Å². The van der Waals surface area contributed by atoms with Gasteiger partial charge in [0.2, 0.25) is 0 Å². The smallest absolute Gasteiger partial charge is 0.285 e. The molecule has 0 aliphatic carbocycles. The Bertz CT molecular complexity index is 571. The maximum Gasteiger partial charge on any atom is 0.285 e. The third-order valence-electron chi connectivity index (χ3n) is 3.11. The van der Waals surface area contributed by atoms with Crippen molar-refractivity contribution in [3.05, 3.63) is 39.4 Å². The van der Waals surface area contributed by atoms with E-state index in [1.165, 1.54) is 0 Å². The Morgan fingerprint density at radius 1 is 1.45 bits per heavy atom. The second kappa shape index (κ2) is 5.12. The summed E-state index contributed by atoms with van der Waals surface area (Å²) >= 11 is 0. The zero-order chi connectivity index (χ0) is 14.9. The molecule has 8 heteroatoms. The van der Waals surface area contributed by atoms with E-state index in [0.717, 1.165) is 0 Å². The minimum Gasteiger partial charge on any atom is -0.379 e. The Labute approximate surface area is 112 Å². The molecule has 0 radical (unpaired) electrons. The van der Waals surface area contributed by atoms with Crippen LogP contribution in [0.4, 0.5) is 14.5 Å². The quantitative estimate of drug-likeness (QED) is 0.678. The molecule has 1 unspecified atom stereocenters. The van der Waals surface area contributed by atoms with Gasteiger partial charge >= 0.3 is 0 Å². The summed E-state index contributed by atoms with van der Waals surface area (Å²) in [5.41, 5.74) is -1.96. The van der Waals surface area contributed by atoms with Crippen LogP contribution in [0.1, 0.15) is 23.7 Å². The number of hydrogen-bond donors (Lipinski definition) is 1. The van der Waals surface area contributed by atoms with Crippen molar-refractivity contribution in [3.8, 4) is 0 Å². The number of nitrogens with one attached hydrogen (secondary N) is 1. The lowest BCUT2D eigenvalue weighted by Gasteiger charge is -2.23. The third kappa shape index (κ3) is 2.74. The molecule has 1 aliphatic rings. The van der Waals surface area contributed by atoms with E-state index in [4.69, 9.17) is 4.74 Å². The molecule has 1 N–H and O–H groups in total. The Morgan fingerprint density at radius 3 is 2.65 bits per heavy atom. The molecular formula is C12H12F2N2O4. The molecule has 1 aromatic carbocycles. The maximum atomic E-state index is 13.2. The van der Waals surface area contributed by atoms with Crippen LogP contribution < -0.4 is 5.32 Å². The summed E-state index contributed by atoms with van der Waals surface area (Å²) in [7, 11) is 0. The average molecular weight is 286 g/mol. The molecule has 1 amide bonds. The monoisotopic (exact) mass is 286 g/mol. The van der Waals surface area contributed by atoms with Crippen molar-refractivity contribution in [1.82, 2.24) is 5.32 Å². The molecule has 1 saturated heterocycles. The highest BCUT2D eigenvalue weighted by molar-refractivity contribution is 5.98. The van der Waals surface area contributed by atoms with Crippen molar-refractivity contribution >= 4 is 11.6 Å². The lowest BCUT2D eigenvalue weighted by atomic mass is 10.0. The van der Waals surface area contributed by atoms with Gasteiger partial charge in [-0.25, -0.2) is 8.78 Å². The largest absolute Gasteiger partial charge is 0.379 e. The predicted molar refractivity (Wildman–Crippen MR) is 64.3 cm³/mol. The lowest BCUT2D eigenvalue weighted by Crippen LogP contribution is -2.46. The number of nitro benzene ring substituents is 1. The van der Waals surface area contributed by atoms with Crippen LogP contribution in [0.5, 0.6) is 0 Å². The summed E-state index contributed by atoms with van der Waals surface area (Å²) in [6, 6.07) is 0.930. The minimum atomic E-state index is -1.37. The van der Waals surface area contributed by atoms with E-state index in [0.29, 0.717) is 25.2 Å². The minimum absolute atomic E-state index is 0.260. The van der Waals surface area contributed by atoms with Crippen LogP contribution in [0.15, 0.2) is 12.1 Å². The predicted octanol–water partition coefficient (Wildman–Crippen LogP) is 1.78. The molecule has 1 fully saturated rings. The van der Waals surface area contributed by atoms with E-state index >= 15 is 0 Å². The Hall–Kier alpha value is -2.09. The van der Waals surface area contributed by atoms with Crippen molar-refractivity contribution < 1.29 is 23.2 Å². The number of nitrogens with zero attached hydrogens (tertiary/aromatic N) is 1. The van der Waals surface area contributed by atoms with Crippen molar-refractivity contribution in [1.29, 1.82) is 0 Å². The number of nitro groups is 1. The highest BCUT2D eigenvalue weighted by Crippen LogP contribution is 2.24. The standard InChI is InChI=1S/C12H12F2N2O4/c1-12(2-3-20-6-12)15-11(17)7-4-8(13)9(14)5-10(7)16(18)19/h4-5H,2-3,6H2,1H3,(H,15,17). The zero-order valence-corrected chi connectivity index (χ0v) is 10.6. The summed E-state index contributed by atoms with van der Waals surface area (Å²) in [5.74, 6) is -3.51. The number of ether oxygens (including phenoxy) is 1. The average Bonchev–Trinajstić information content (AvgIpc) is 2.78. The van der Waals surface area contributed by atoms with Gasteiger partial charge in [-0.3, -0.25) is 14.9 Å². The number of benzene rings is 1. The molecule has 6 nitrogen and oxygen atoms in total. The fraction of sp³-hybridized carbons (Fsp3) is 0.417. The van der Waals surface area contributed by atoms with Gasteiger partial charge in [0, 0.05) is 6.61 Å². The van der Waals surface area contributed by atoms with Gasteiger partial charge < -0.3 is 10.1 Å². The normalized spacial score (nSPS) is 21.8. The molecule has 1 aliphatic heterocycles. The van der Waals surface area contributed by atoms with Crippen LogP contribution in [-0.2, 0) is 4.74 Å². The van der Waals surface area contributed by atoms with E-state index in [1.54, 1.807) is 6.92 Å². The SMILES string of the molecule is CC1(NC(=O)c2cc(F)c(F)cc2[N+](=O)[O-])CCOC1. The maximum absolute atomic E-state index is 13.2. The number of halogens is 2. The van der Waals surface area contributed by atoms with Crippen LogP contribution in [-0.4, -0.2) is 29.6 Å². The number of rotatable bonds is 3. The van der Waals surface area contributed by atoms with Gasteiger partial charge in [-0.1, -0.05) is 0 Å². The second-order valence-electron chi connectivity index (χ2n) is 4.86. The number of carbonyl (C=O) groups excluding carboxylic acids is 1. The highest BCUT2D eigenvalue weighted by atomic mass is 19.2. The molecule has 1 aromatic rings. The first-order chi connectivity index (χ1) is 9.32. The second-order valence-corrected chi connectivity index (χ2v) is 4.86. The van der Waals surface area contributed by atoms with Crippen molar-refractivity contribution in [3.63, 3.8) is 0 Å². The lowest BCUT2D eigenvalue weighted by molar-refractivity contribution is -0.385. The van der Waals surface area contributed by atoms with Crippen LogP contribution in [0.3, 0.4) is 0 Å². The van der Waals surface area contributed by atoms with Gasteiger partial charge in [-0.15, -0.1) is 0 Å². The van der Waals surface area contributed by atoms with E-state index in [1.807, 2.05) is 0 Å². The molecule has 2 rings (SSSR count). The molecule has 20 heavy (non-hydrogen) atoms. The first-order valence-electron chi connectivity index (χ1n) is 5.86. The van der Waals surface area contributed by atoms with Crippen molar-refractivity contribution in [2.45, 2.75) is 18.9 Å². The molecule has 0 aromatic heterocycles. The number of amides is 1. The van der Waals surface area contributed by atoms with Crippen LogP contribution in [0, 0.1) is 21.7 Å². The van der Waals surface area contributed by atoms with E-state index in [2.05, 4.69) is 5.32 Å². The fourth-order valence-corrected chi connectivity index (χ4v) is 1.98. The van der Waals surface area contributed by atoms with Crippen molar-refractivity contribution in [2.24, 2.45) is 0 Å². The summed E-state index contributed by atoms with van der Waals surface area (Å²) in [6.45, 7) is 2.43. The zero-order valence-electron chi connectivity index (χ0n) is 10.6. The number of hydrogen-bond acceptors (Lipinski definition) is 4. The summed E-state index contributed by atoms with van der Waals surface area (Å²) in [5, 5.41) is 13.4. The molecule has 108 valence electrons. The van der Waals surface area contributed by atoms with Gasteiger partial charge in [0.1, 0.15) is 5.56 Å². The summed E-state index contributed by atoms with van der Waals surface area (Å²) < 4.78 is 31.4. The van der Waals surface area contributed by atoms with Crippen LogP contribution in [0.2, 0.25) is 0 Å². The molecule has 1 heterocycles. The topological polar surface area (TPSA) is 81.5 Å². The van der Waals surface area contributed by atoms with Crippen LogP contribution in [0.25, 0.3) is 0 Å². The van der Waals surface area contributed by atoms with E-state index in [9.17, 15) is 23.7 Å². The Kier molecular flexibility index (Phi) is 3.67. The Morgan fingerprint density at radius 2 is 2.10 bits per heavy atom. The van der Waals surface area contributed by atoms with Gasteiger partial charge in [0.05, 0.1) is 23.1 Å². The van der Waals surface area contributed by atoms with E-state index < -0.39 is 39.3 Å². The fourth-order valence-electron chi connectivity index (χ4n) is 1.98. The van der Waals surface area contributed by atoms with Gasteiger partial charge in [0.15, 0.2) is 11.6 Å². The van der Waals surface area contributed by atoms with Gasteiger partial charge in [-0.2, -0.15) is 0 Å². The molecular weight excluding hydrogens is 274 g/mol. The molecule has 0 bridgehead atoms. The van der Waals surface area contributed by atoms with E-state index in [-0.39, 0.29) is 6.61 Å². The van der Waals surface area contributed by atoms with Gasteiger partial charge in [0.25, 0.3) is 11.6 Å². The highest BCUT2D eigenvalue weighted by Gasteiger charge is 2.34.